The molecular weight excluding hydrogens is 606 g/mol. The van der Waals surface area contributed by atoms with Gasteiger partial charge in [0.05, 0.1) is 12.3 Å². The number of carbonyl (C=O) groups is 5. The monoisotopic (exact) mass is 653 g/mol. The van der Waals surface area contributed by atoms with Crippen molar-refractivity contribution >= 4 is 29.6 Å². The van der Waals surface area contributed by atoms with Crippen LogP contribution in [0.5, 0.6) is 0 Å². The number of amides is 1. The van der Waals surface area contributed by atoms with Crippen molar-refractivity contribution in [2.45, 2.75) is 108 Å². The summed E-state index contributed by atoms with van der Waals surface area (Å²) in [6, 6.07) is 5.33. The third-order valence-electron chi connectivity index (χ3n) is 7.95. The van der Waals surface area contributed by atoms with Crippen LogP contribution in [0.1, 0.15) is 96.0 Å². The van der Waals surface area contributed by atoms with Gasteiger partial charge in [-0.2, -0.15) is 0 Å². The highest BCUT2D eigenvalue weighted by molar-refractivity contribution is 5.94. The number of nitrogens with zero attached hydrogens (tertiary/aromatic N) is 2. The molecule has 1 amide bonds. The SMILES string of the molecule is CCCCCCCC(=O)CCCCCCC=C[C@H](C(=O)N[C@@H](Cc1ccc(-c2cncnc2)cc1)C(=O)O)[C@@](O)(CC(=O)O)C(=O)O. The van der Waals surface area contributed by atoms with Crippen LogP contribution in [0, 0.1) is 5.92 Å². The number of nitrogens with one attached hydrogen (secondary N) is 1. The van der Waals surface area contributed by atoms with Crippen LogP contribution in [0.3, 0.4) is 0 Å². The lowest BCUT2D eigenvalue weighted by Gasteiger charge is -2.29. The number of carboxylic acids is 3. The second-order valence-electron chi connectivity index (χ2n) is 11.8. The van der Waals surface area contributed by atoms with Crippen LogP contribution < -0.4 is 5.32 Å². The van der Waals surface area contributed by atoms with E-state index in [4.69, 9.17) is 0 Å². The van der Waals surface area contributed by atoms with E-state index in [9.17, 15) is 44.4 Å². The van der Waals surface area contributed by atoms with Gasteiger partial charge in [-0.15, -0.1) is 0 Å². The zero-order valence-corrected chi connectivity index (χ0v) is 27.0. The summed E-state index contributed by atoms with van der Waals surface area (Å²) in [5.74, 6) is -7.71. The van der Waals surface area contributed by atoms with Crippen molar-refractivity contribution in [3.8, 4) is 11.1 Å². The minimum absolute atomic E-state index is 0.158. The molecule has 0 radical (unpaired) electrons. The van der Waals surface area contributed by atoms with Crippen LogP contribution in [0.25, 0.3) is 11.1 Å². The predicted molar refractivity (Wildman–Crippen MR) is 174 cm³/mol. The summed E-state index contributed by atoms with van der Waals surface area (Å²) in [6.45, 7) is 2.15. The molecule has 5 N–H and O–H groups in total. The van der Waals surface area contributed by atoms with Crippen molar-refractivity contribution in [3.63, 3.8) is 0 Å². The number of aliphatic hydroxyl groups is 1. The summed E-state index contributed by atoms with van der Waals surface area (Å²) in [7, 11) is 0. The molecule has 0 aliphatic heterocycles. The second kappa shape index (κ2) is 20.6. The average molecular weight is 654 g/mol. The van der Waals surface area contributed by atoms with E-state index in [0.717, 1.165) is 62.1 Å². The van der Waals surface area contributed by atoms with Gasteiger partial charge in [-0.3, -0.25) is 14.4 Å². The lowest BCUT2D eigenvalue weighted by Crippen LogP contribution is -2.55. The number of allylic oxidation sites excluding steroid dienone is 1. The first kappa shape index (κ1) is 38.7. The Bertz CT molecular complexity index is 1330. The predicted octanol–water partition coefficient (Wildman–Crippen LogP) is 4.99. The normalized spacial score (nSPS) is 13.8. The van der Waals surface area contributed by atoms with Gasteiger partial charge in [0.2, 0.25) is 5.91 Å². The number of ketones is 1. The Kier molecular flexibility index (Phi) is 17.0. The molecule has 1 heterocycles. The van der Waals surface area contributed by atoms with E-state index in [0.29, 0.717) is 31.2 Å². The minimum Gasteiger partial charge on any atom is -0.481 e. The van der Waals surface area contributed by atoms with Gasteiger partial charge in [-0.05, 0) is 36.8 Å². The van der Waals surface area contributed by atoms with Crippen LogP contribution in [-0.2, 0) is 30.4 Å². The standard InChI is InChI=1S/C35H47N3O9/c1-2-3-4-7-10-13-28(39)14-11-8-5-6-9-12-15-29(35(47,34(45)46)21-31(40)41)32(42)38-30(33(43)44)20-25-16-18-26(19-17-25)27-22-36-24-37-23-27/h12,15-19,22-24,29-30,47H,2-11,13-14,20-21H2,1H3,(H,38,42)(H,40,41)(H,43,44)(H,45,46)/t29-,30+,35+/m1/s1. The molecule has 12 nitrogen and oxygen atoms in total. The molecule has 0 fully saturated rings. The van der Waals surface area contributed by atoms with E-state index < -0.39 is 47.8 Å². The van der Waals surface area contributed by atoms with Crippen LogP contribution >= 0.6 is 0 Å². The fourth-order valence-corrected chi connectivity index (χ4v) is 5.21. The molecular formula is C35H47N3O9. The molecule has 0 unspecified atom stereocenters. The highest BCUT2D eigenvalue weighted by atomic mass is 16.4. The van der Waals surface area contributed by atoms with Crippen LogP contribution in [-0.4, -0.2) is 71.6 Å². The summed E-state index contributed by atoms with van der Waals surface area (Å²) < 4.78 is 0. The molecule has 12 heteroatoms. The van der Waals surface area contributed by atoms with Gasteiger partial charge in [0.25, 0.3) is 0 Å². The topological polar surface area (TPSA) is 204 Å². The molecule has 47 heavy (non-hydrogen) atoms. The largest absolute Gasteiger partial charge is 0.481 e. The van der Waals surface area contributed by atoms with E-state index in [1.165, 1.54) is 18.8 Å². The van der Waals surface area contributed by atoms with E-state index in [-0.39, 0.29) is 12.2 Å². The summed E-state index contributed by atoms with van der Waals surface area (Å²) in [4.78, 5) is 68.9. The van der Waals surface area contributed by atoms with Gasteiger partial charge in [-0.1, -0.05) is 81.9 Å². The van der Waals surface area contributed by atoms with Crippen molar-refractivity contribution < 1.29 is 44.4 Å². The smallest absolute Gasteiger partial charge is 0.337 e. The van der Waals surface area contributed by atoms with Crippen LogP contribution in [0.15, 0.2) is 55.1 Å². The van der Waals surface area contributed by atoms with Gasteiger partial charge in [0, 0.05) is 37.2 Å². The Balaban J connectivity index is 2.01. The van der Waals surface area contributed by atoms with E-state index in [1.54, 1.807) is 36.7 Å². The molecule has 2 rings (SSSR count). The molecule has 256 valence electrons. The van der Waals surface area contributed by atoms with E-state index in [1.807, 2.05) is 0 Å². The number of Topliss-reactive ketones (excluding diaryl/α,β-unsaturated/α-hetero) is 1. The first-order valence-corrected chi connectivity index (χ1v) is 16.2. The number of rotatable bonds is 24. The number of benzene rings is 1. The Morgan fingerprint density at radius 3 is 1.98 bits per heavy atom. The highest BCUT2D eigenvalue weighted by Gasteiger charge is 2.49. The number of hydrogen-bond donors (Lipinski definition) is 5. The number of hydrogen-bond acceptors (Lipinski definition) is 8. The van der Waals surface area contributed by atoms with Gasteiger partial charge in [0.1, 0.15) is 18.2 Å². The minimum atomic E-state index is -3.02. The molecule has 0 saturated heterocycles. The van der Waals surface area contributed by atoms with Gasteiger partial charge in [0.15, 0.2) is 5.60 Å². The van der Waals surface area contributed by atoms with Gasteiger partial charge in [-0.25, -0.2) is 19.6 Å². The lowest BCUT2D eigenvalue weighted by molar-refractivity contribution is -0.172. The fourth-order valence-electron chi connectivity index (χ4n) is 5.21. The molecule has 1 aromatic heterocycles. The average Bonchev–Trinajstić information content (AvgIpc) is 3.03. The summed E-state index contributed by atoms with van der Waals surface area (Å²) in [5, 5.41) is 42.1. The van der Waals surface area contributed by atoms with Crippen molar-refractivity contribution in [1.29, 1.82) is 0 Å². The zero-order chi connectivity index (χ0) is 34.7. The highest BCUT2D eigenvalue weighted by Crippen LogP contribution is 2.26. The molecule has 1 aromatic carbocycles. The van der Waals surface area contributed by atoms with Gasteiger partial charge < -0.3 is 25.7 Å². The quantitative estimate of drug-likeness (QED) is 0.0754. The molecule has 0 aliphatic carbocycles. The molecule has 0 aliphatic rings. The lowest BCUT2D eigenvalue weighted by atomic mass is 9.82. The van der Waals surface area contributed by atoms with Crippen LogP contribution in [0.4, 0.5) is 0 Å². The Labute approximate surface area is 275 Å². The molecule has 0 spiro atoms. The third-order valence-corrected chi connectivity index (χ3v) is 7.95. The van der Waals surface area contributed by atoms with E-state index in [2.05, 4.69) is 22.2 Å². The second-order valence-corrected chi connectivity index (χ2v) is 11.8. The number of unbranched alkanes of at least 4 members (excludes halogenated alkanes) is 8. The number of aliphatic carboxylic acids is 3. The van der Waals surface area contributed by atoms with E-state index >= 15 is 0 Å². The number of carbonyl (C=O) groups excluding carboxylic acids is 2. The first-order valence-electron chi connectivity index (χ1n) is 16.2. The maximum atomic E-state index is 13.3. The molecule has 3 atom stereocenters. The summed E-state index contributed by atoms with van der Waals surface area (Å²) in [6.07, 6.45) is 15.9. The maximum Gasteiger partial charge on any atom is 0.337 e. The van der Waals surface area contributed by atoms with Crippen molar-refractivity contribution in [3.05, 3.63) is 60.7 Å². The molecule has 0 bridgehead atoms. The number of aromatic nitrogens is 2. The van der Waals surface area contributed by atoms with Crippen molar-refractivity contribution in [1.82, 2.24) is 15.3 Å². The summed E-state index contributed by atoms with van der Waals surface area (Å²) in [5.41, 5.74) is -0.927. The van der Waals surface area contributed by atoms with Gasteiger partial charge >= 0.3 is 17.9 Å². The number of carboxylic acid groups (broad SMARTS) is 3. The Morgan fingerprint density at radius 2 is 1.43 bits per heavy atom. The Morgan fingerprint density at radius 1 is 0.830 bits per heavy atom. The molecule has 2 aromatic rings. The fraction of sp³-hybridized carbons (Fsp3) is 0.514. The first-order chi connectivity index (χ1) is 22.5. The third kappa shape index (κ3) is 13.8. The zero-order valence-electron chi connectivity index (χ0n) is 27.0. The summed E-state index contributed by atoms with van der Waals surface area (Å²) >= 11 is 0. The van der Waals surface area contributed by atoms with Crippen molar-refractivity contribution in [2.75, 3.05) is 0 Å². The van der Waals surface area contributed by atoms with Crippen LogP contribution in [0.2, 0.25) is 0 Å². The molecule has 0 saturated carbocycles. The Hall–Kier alpha value is -4.45. The van der Waals surface area contributed by atoms with Crippen molar-refractivity contribution in [2.24, 2.45) is 5.92 Å². The maximum absolute atomic E-state index is 13.3.